The molecule has 0 bridgehead atoms. The predicted molar refractivity (Wildman–Crippen MR) is 86.8 cm³/mol. The molecular formula is C16H16Br2N+. The van der Waals surface area contributed by atoms with Crippen LogP contribution in [0.4, 0.5) is 0 Å². The summed E-state index contributed by atoms with van der Waals surface area (Å²) in [6.07, 6.45) is 11.0. The molecule has 1 nitrogen and oxygen atoms in total. The van der Waals surface area contributed by atoms with Gasteiger partial charge in [0.25, 0.3) is 0 Å². The summed E-state index contributed by atoms with van der Waals surface area (Å²) in [4.78, 5) is 0. The molecule has 0 amide bonds. The van der Waals surface area contributed by atoms with Crippen LogP contribution in [0.2, 0.25) is 0 Å². The minimum atomic E-state index is 0.701. The largest absolute Gasteiger partial charge is 0.296 e. The van der Waals surface area contributed by atoms with Crippen LogP contribution >= 0.6 is 31.9 Å². The molecule has 0 saturated heterocycles. The van der Waals surface area contributed by atoms with E-state index in [1.54, 1.807) is 0 Å². The van der Waals surface area contributed by atoms with E-state index in [0.717, 1.165) is 28.2 Å². The van der Waals surface area contributed by atoms with Gasteiger partial charge >= 0.3 is 0 Å². The van der Waals surface area contributed by atoms with Crippen molar-refractivity contribution < 1.29 is 4.48 Å². The second-order valence-corrected chi connectivity index (χ2v) is 6.16. The quantitative estimate of drug-likeness (QED) is 0.425. The summed E-state index contributed by atoms with van der Waals surface area (Å²) in [6, 6.07) is 4.60. The first-order valence-electron chi connectivity index (χ1n) is 6.15. The van der Waals surface area contributed by atoms with Crippen molar-refractivity contribution in [2.45, 2.75) is 23.7 Å². The summed E-state index contributed by atoms with van der Waals surface area (Å²) < 4.78 is 0.801. The van der Waals surface area contributed by atoms with Crippen LogP contribution in [0.25, 0.3) is 0 Å². The van der Waals surface area contributed by atoms with Gasteiger partial charge in [-0.25, -0.2) is 0 Å². The van der Waals surface area contributed by atoms with E-state index in [2.05, 4.69) is 55.8 Å². The summed E-state index contributed by atoms with van der Waals surface area (Å²) >= 11 is 7.11. The summed E-state index contributed by atoms with van der Waals surface area (Å²) in [5, 5.41) is 1.76. The molecule has 1 aromatic carbocycles. The molecule has 1 heterocycles. The minimum absolute atomic E-state index is 0.701. The van der Waals surface area contributed by atoms with E-state index < -0.39 is 0 Å². The monoisotopic (exact) mass is 380 g/mol. The van der Waals surface area contributed by atoms with Gasteiger partial charge in [0.05, 0.1) is 0 Å². The van der Waals surface area contributed by atoms with E-state index in [4.69, 9.17) is 12.8 Å². The third kappa shape index (κ3) is 2.90. The highest BCUT2D eigenvalue weighted by atomic mass is 79.9. The number of hydrogen-bond acceptors (Lipinski definition) is 0. The van der Waals surface area contributed by atoms with Crippen LogP contribution in [-0.2, 0) is 23.7 Å². The SMILES string of the molecule is C#CC[N+]1(CC#C)Cc2cc(CBr)c(CBr)cc2C1. The zero-order valence-corrected chi connectivity index (χ0v) is 13.9. The number of benzene rings is 1. The maximum atomic E-state index is 5.52. The summed E-state index contributed by atoms with van der Waals surface area (Å²) in [5.41, 5.74) is 5.48. The number of alkyl halides is 2. The number of quaternary nitrogens is 1. The molecule has 1 aliphatic heterocycles. The second-order valence-electron chi connectivity index (χ2n) is 5.04. The average molecular weight is 382 g/mol. The van der Waals surface area contributed by atoms with Crippen molar-refractivity contribution in [1.82, 2.24) is 0 Å². The fourth-order valence-electron chi connectivity index (χ4n) is 2.78. The first-order valence-corrected chi connectivity index (χ1v) is 8.40. The first kappa shape index (κ1) is 14.7. The third-order valence-corrected chi connectivity index (χ3v) is 4.88. The molecular weight excluding hydrogens is 366 g/mol. The molecule has 0 aromatic heterocycles. The molecule has 0 unspecified atom stereocenters. The Morgan fingerprint density at radius 2 is 1.37 bits per heavy atom. The Balaban J connectivity index is 2.38. The van der Waals surface area contributed by atoms with Crippen LogP contribution in [0.5, 0.6) is 0 Å². The van der Waals surface area contributed by atoms with Crippen LogP contribution in [-0.4, -0.2) is 17.6 Å². The van der Waals surface area contributed by atoms with Crippen molar-refractivity contribution in [3.05, 3.63) is 34.4 Å². The van der Waals surface area contributed by atoms with Crippen LogP contribution in [0.3, 0.4) is 0 Å². The second kappa shape index (κ2) is 6.14. The van der Waals surface area contributed by atoms with Gasteiger partial charge in [-0.2, -0.15) is 0 Å². The lowest BCUT2D eigenvalue weighted by molar-refractivity contribution is -0.934. The summed E-state index contributed by atoms with van der Waals surface area (Å²) in [5.74, 6) is 5.57. The summed E-state index contributed by atoms with van der Waals surface area (Å²) in [6.45, 7) is 3.30. The molecule has 0 atom stereocenters. The number of terminal acetylenes is 2. The van der Waals surface area contributed by atoms with Crippen LogP contribution in [0.15, 0.2) is 12.1 Å². The van der Waals surface area contributed by atoms with Crippen molar-refractivity contribution in [2.24, 2.45) is 0 Å². The number of rotatable bonds is 4. The standard InChI is InChI=1S/C16H16Br2N/c1-3-5-19(6-4-2)11-15-7-13(9-17)14(10-18)8-16(15)12-19/h1-2,7-8H,5-6,9-12H2/q+1. The topological polar surface area (TPSA) is 0 Å². The zero-order valence-electron chi connectivity index (χ0n) is 10.8. The van der Waals surface area contributed by atoms with Gasteiger partial charge < -0.3 is 0 Å². The maximum Gasteiger partial charge on any atom is 0.141 e. The molecule has 0 saturated carbocycles. The molecule has 0 spiro atoms. The van der Waals surface area contributed by atoms with E-state index in [9.17, 15) is 0 Å². The van der Waals surface area contributed by atoms with Crippen molar-refractivity contribution in [3.63, 3.8) is 0 Å². The number of nitrogens with zero attached hydrogens (tertiary/aromatic N) is 1. The van der Waals surface area contributed by atoms with Gasteiger partial charge in [0.15, 0.2) is 0 Å². The Morgan fingerprint density at radius 1 is 0.947 bits per heavy atom. The fraction of sp³-hybridized carbons (Fsp3) is 0.375. The number of hydrogen-bond donors (Lipinski definition) is 0. The molecule has 0 radical (unpaired) electrons. The lowest BCUT2D eigenvalue weighted by Crippen LogP contribution is -2.43. The molecule has 19 heavy (non-hydrogen) atoms. The fourth-order valence-corrected chi connectivity index (χ4v) is 3.82. The van der Waals surface area contributed by atoms with Gasteiger partial charge in [0, 0.05) is 21.8 Å². The maximum absolute atomic E-state index is 5.52. The first-order chi connectivity index (χ1) is 9.18. The third-order valence-electron chi connectivity index (χ3n) is 3.67. The van der Waals surface area contributed by atoms with Crippen LogP contribution < -0.4 is 0 Å². The molecule has 0 N–H and O–H groups in total. The molecule has 0 fully saturated rings. The Kier molecular flexibility index (Phi) is 4.74. The van der Waals surface area contributed by atoms with Crippen LogP contribution in [0, 0.1) is 24.7 Å². The van der Waals surface area contributed by atoms with E-state index in [1.165, 1.54) is 22.3 Å². The van der Waals surface area contributed by atoms with Crippen molar-refractivity contribution in [1.29, 1.82) is 0 Å². The Hall–Kier alpha value is -0.740. The Labute approximate surface area is 132 Å². The number of halogens is 2. The van der Waals surface area contributed by atoms with Crippen LogP contribution in [0.1, 0.15) is 22.3 Å². The molecule has 1 aromatic rings. The van der Waals surface area contributed by atoms with Gasteiger partial charge in [-0.15, -0.1) is 12.8 Å². The van der Waals surface area contributed by atoms with E-state index >= 15 is 0 Å². The Morgan fingerprint density at radius 3 is 1.68 bits per heavy atom. The highest BCUT2D eigenvalue weighted by Gasteiger charge is 2.35. The normalized spacial score (nSPS) is 15.6. The highest BCUT2D eigenvalue weighted by Crippen LogP contribution is 2.33. The molecule has 0 aliphatic carbocycles. The zero-order chi connectivity index (χ0) is 13.9. The lowest BCUT2D eigenvalue weighted by atomic mass is 10.0. The van der Waals surface area contributed by atoms with Gasteiger partial charge in [-0.05, 0) is 35.1 Å². The van der Waals surface area contributed by atoms with Crippen molar-refractivity contribution in [2.75, 3.05) is 13.1 Å². The van der Waals surface area contributed by atoms with Gasteiger partial charge in [0.1, 0.15) is 26.2 Å². The summed E-state index contributed by atoms with van der Waals surface area (Å²) in [7, 11) is 0. The number of fused-ring (bicyclic) bond motifs is 1. The van der Waals surface area contributed by atoms with Gasteiger partial charge in [0.2, 0.25) is 0 Å². The van der Waals surface area contributed by atoms with E-state index in [1.807, 2.05) is 0 Å². The van der Waals surface area contributed by atoms with E-state index in [-0.39, 0.29) is 0 Å². The van der Waals surface area contributed by atoms with Gasteiger partial charge in [-0.1, -0.05) is 31.9 Å². The van der Waals surface area contributed by atoms with Crippen molar-refractivity contribution >= 4 is 31.9 Å². The van der Waals surface area contributed by atoms with Crippen molar-refractivity contribution in [3.8, 4) is 24.7 Å². The Bertz CT molecular complexity index is 512. The molecule has 1 aliphatic rings. The average Bonchev–Trinajstić information content (AvgIpc) is 2.74. The molecule has 2 rings (SSSR count). The molecule has 3 heteroatoms. The smallest absolute Gasteiger partial charge is 0.141 e. The molecule has 98 valence electrons. The predicted octanol–water partition coefficient (Wildman–Crippen LogP) is 3.57. The highest BCUT2D eigenvalue weighted by molar-refractivity contribution is 9.09. The van der Waals surface area contributed by atoms with E-state index in [0.29, 0.717) is 13.1 Å². The minimum Gasteiger partial charge on any atom is -0.296 e. The van der Waals surface area contributed by atoms with Gasteiger partial charge in [-0.3, -0.25) is 4.48 Å². The lowest BCUT2D eigenvalue weighted by Gasteiger charge is -2.29.